The minimum absolute atomic E-state index is 0.0976. The minimum atomic E-state index is -3.54. The summed E-state index contributed by atoms with van der Waals surface area (Å²) in [5.74, 6) is 0. The van der Waals surface area contributed by atoms with E-state index in [1.807, 2.05) is 25.1 Å². The Morgan fingerprint density at radius 1 is 0.962 bits per heavy atom. The van der Waals surface area contributed by atoms with Gasteiger partial charge in [-0.15, -0.1) is 0 Å². The SMILES string of the molecule is Cc1ccc(S(=O)(=O)N2CCC34CCCCC23Nc2ccccc24)cc1. The summed E-state index contributed by atoms with van der Waals surface area (Å²) in [6.45, 7) is 2.56. The molecule has 2 aliphatic heterocycles. The second-order valence-corrected chi connectivity index (χ2v) is 9.82. The lowest BCUT2D eigenvalue weighted by Gasteiger charge is -2.48. The van der Waals surface area contributed by atoms with Gasteiger partial charge in [-0.2, -0.15) is 4.31 Å². The van der Waals surface area contributed by atoms with E-state index in [-0.39, 0.29) is 5.41 Å². The largest absolute Gasteiger partial charge is 0.365 e. The summed E-state index contributed by atoms with van der Waals surface area (Å²) in [6, 6.07) is 15.6. The van der Waals surface area contributed by atoms with E-state index in [0.29, 0.717) is 11.4 Å². The van der Waals surface area contributed by atoms with Gasteiger partial charge in [0.05, 0.1) is 4.90 Å². The van der Waals surface area contributed by atoms with Crippen molar-refractivity contribution in [3.05, 3.63) is 59.7 Å². The Kier molecular flexibility index (Phi) is 3.35. The molecule has 1 saturated carbocycles. The number of para-hydroxylation sites is 1. The van der Waals surface area contributed by atoms with Gasteiger partial charge in [0.25, 0.3) is 0 Å². The van der Waals surface area contributed by atoms with E-state index in [4.69, 9.17) is 0 Å². The smallest absolute Gasteiger partial charge is 0.245 e. The summed E-state index contributed by atoms with van der Waals surface area (Å²) in [7, 11) is -3.54. The lowest BCUT2D eigenvalue weighted by atomic mass is 9.65. The van der Waals surface area contributed by atoms with Crippen LogP contribution in [0.15, 0.2) is 53.4 Å². The molecule has 5 rings (SSSR count). The van der Waals surface area contributed by atoms with Crippen molar-refractivity contribution in [2.24, 2.45) is 0 Å². The first-order valence-corrected chi connectivity index (χ1v) is 10.9. The maximum atomic E-state index is 13.6. The molecule has 2 aromatic carbocycles. The maximum Gasteiger partial charge on any atom is 0.245 e. The predicted molar refractivity (Wildman–Crippen MR) is 103 cm³/mol. The summed E-state index contributed by atoms with van der Waals surface area (Å²) in [6.07, 6.45) is 5.03. The van der Waals surface area contributed by atoms with Crippen molar-refractivity contribution in [3.63, 3.8) is 0 Å². The van der Waals surface area contributed by atoms with Crippen LogP contribution in [0.5, 0.6) is 0 Å². The molecule has 1 aliphatic carbocycles. The molecule has 0 spiro atoms. The van der Waals surface area contributed by atoms with Gasteiger partial charge in [-0.3, -0.25) is 0 Å². The highest BCUT2D eigenvalue weighted by atomic mass is 32.2. The van der Waals surface area contributed by atoms with E-state index in [2.05, 4.69) is 23.5 Å². The van der Waals surface area contributed by atoms with Crippen LogP contribution in [-0.2, 0) is 15.4 Å². The molecule has 4 nitrogen and oxygen atoms in total. The summed E-state index contributed by atoms with van der Waals surface area (Å²) >= 11 is 0. The molecule has 0 radical (unpaired) electrons. The first-order valence-electron chi connectivity index (χ1n) is 9.47. The summed E-state index contributed by atoms with van der Waals surface area (Å²) in [4.78, 5) is 0.400. The number of nitrogens with one attached hydrogen (secondary N) is 1. The average molecular weight is 369 g/mol. The number of aryl methyl sites for hydroxylation is 1. The van der Waals surface area contributed by atoms with E-state index in [1.54, 1.807) is 16.4 Å². The van der Waals surface area contributed by atoms with Gasteiger partial charge < -0.3 is 5.32 Å². The molecule has 136 valence electrons. The van der Waals surface area contributed by atoms with Crippen molar-refractivity contribution in [1.29, 1.82) is 0 Å². The van der Waals surface area contributed by atoms with Crippen LogP contribution in [0.25, 0.3) is 0 Å². The normalized spacial score (nSPS) is 30.3. The Morgan fingerprint density at radius 3 is 2.50 bits per heavy atom. The standard InChI is InChI=1S/C21H24N2O2S/c1-16-8-10-17(11-9-16)26(24,25)23-15-14-20-12-4-5-13-21(20,23)22-19-7-3-2-6-18(19)20/h2-3,6-11,22H,4-5,12-15H2,1H3. The van der Waals surface area contributed by atoms with Gasteiger partial charge in [0.15, 0.2) is 0 Å². The van der Waals surface area contributed by atoms with Crippen LogP contribution < -0.4 is 5.32 Å². The quantitative estimate of drug-likeness (QED) is 0.871. The molecule has 0 amide bonds. The highest BCUT2D eigenvalue weighted by Crippen LogP contribution is 2.62. The summed E-state index contributed by atoms with van der Waals surface area (Å²) < 4.78 is 28.9. The molecule has 3 aliphatic rings. The fourth-order valence-electron chi connectivity index (χ4n) is 5.56. The molecule has 2 fully saturated rings. The van der Waals surface area contributed by atoms with Crippen LogP contribution in [0.3, 0.4) is 0 Å². The lowest BCUT2D eigenvalue weighted by molar-refractivity contribution is 0.136. The van der Waals surface area contributed by atoms with Crippen LogP contribution >= 0.6 is 0 Å². The number of hydrogen-bond acceptors (Lipinski definition) is 3. The van der Waals surface area contributed by atoms with Crippen LogP contribution in [0.1, 0.15) is 43.2 Å². The number of sulfonamides is 1. The molecule has 2 heterocycles. The Hall–Kier alpha value is -1.85. The monoisotopic (exact) mass is 368 g/mol. The Bertz CT molecular complexity index is 970. The van der Waals surface area contributed by atoms with Gasteiger partial charge in [0.2, 0.25) is 10.0 Å². The lowest BCUT2D eigenvalue weighted by Crippen LogP contribution is -2.60. The molecular formula is C21H24N2O2S. The van der Waals surface area contributed by atoms with E-state index in [9.17, 15) is 8.42 Å². The van der Waals surface area contributed by atoms with Crippen molar-refractivity contribution in [3.8, 4) is 0 Å². The number of benzene rings is 2. The molecule has 0 aromatic heterocycles. The third-order valence-electron chi connectivity index (χ3n) is 6.74. The molecule has 2 atom stereocenters. The third-order valence-corrected chi connectivity index (χ3v) is 8.69. The second kappa shape index (κ2) is 5.33. The zero-order valence-corrected chi connectivity index (χ0v) is 15.8. The highest BCUT2D eigenvalue weighted by Gasteiger charge is 2.67. The van der Waals surface area contributed by atoms with Crippen LogP contribution in [0, 0.1) is 6.92 Å². The van der Waals surface area contributed by atoms with E-state index >= 15 is 0 Å². The zero-order valence-electron chi connectivity index (χ0n) is 15.0. The average Bonchev–Trinajstić information content (AvgIpc) is 3.12. The first kappa shape index (κ1) is 16.3. The molecule has 2 unspecified atom stereocenters. The number of hydrogen-bond donors (Lipinski definition) is 1. The first-order chi connectivity index (χ1) is 12.5. The van der Waals surface area contributed by atoms with Crippen molar-refractivity contribution in [2.75, 3.05) is 11.9 Å². The second-order valence-electron chi connectivity index (χ2n) is 7.96. The van der Waals surface area contributed by atoms with E-state index in [0.717, 1.165) is 43.4 Å². The fourth-order valence-corrected chi connectivity index (χ4v) is 7.35. The fraction of sp³-hybridized carbons (Fsp3) is 0.429. The predicted octanol–water partition coefficient (Wildman–Crippen LogP) is 4.02. The maximum absolute atomic E-state index is 13.6. The zero-order chi connectivity index (χ0) is 18.0. The molecule has 1 saturated heterocycles. The third kappa shape index (κ3) is 1.90. The van der Waals surface area contributed by atoms with Crippen molar-refractivity contribution < 1.29 is 8.42 Å². The van der Waals surface area contributed by atoms with Crippen molar-refractivity contribution in [1.82, 2.24) is 4.31 Å². The van der Waals surface area contributed by atoms with E-state index < -0.39 is 15.7 Å². The van der Waals surface area contributed by atoms with Gasteiger partial charge in [-0.25, -0.2) is 8.42 Å². The highest BCUT2D eigenvalue weighted by molar-refractivity contribution is 7.89. The molecule has 5 heteroatoms. The number of rotatable bonds is 2. The topological polar surface area (TPSA) is 49.4 Å². The van der Waals surface area contributed by atoms with Gasteiger partial charge in [0, 0.05) is 17.6 Å². The van der Waals surface area contributed by atoms with Gasteiger partial charge >= 0.3 is 0 Å². The van der Waals surface area contributed by atoms with Crippen LogP contribution in [0.2, 0.25) is 0 Å². The van der Waals surface area contributed by atoms with Crippen molar-refractivity contribution >= 4 is 15.7 Å². The van der Waals surface area contributed by atoms with Crippen LogP contribution in [-0.4, -0.2) is 24.9 Å². The number of fused-ring (bicyclic) bond motifs is 1. The van der Waals surface area contributed by atoms with Gasteiger partial charge in [0.1, 0.15) is 5.66 Å². The molecular weight excluding hydrogens is 344 g/mol. The summed E-state index contributed by atoms with van der Waals surface area (Å²) in [5.41, 5.74) is 2.87. The molecule has 0 bridgehead atoms. The molecule has 26 heavy (non-hydrogen) atoms. The Balaban J connectivity index is 1.66. The Labute approximate surface area is 155 Å². The number of anilines is 1. The van der Waals surface area contributed by atoms with E-state index in [1.165, 1.54) is 5.56 Å². The summed E-state index contributed by atoms with van der Waals surface area (Å²) in [5, 5.41) is 3.69. The van der Waals surface area contributed by atoms with Crippen LogP contribution in [0.4, 0.5) is 5.69 Å². The molecule has 1 N–H and O–H groups in total. The van der Waals surface area contributed by atoms with Crippen molar-refractivity contribution in [2.45, 2.75) is 55.0 Å². The van der Waals surface area contributed by atoms with Gasteiger partial charge in [-0.05, 0) is 56.4 Å². The minimum Gasteiger partial charge on any atom is -0.365 e. The van der Waals surface area contributed by atoms with Gasteiger partial charge in [-0.1, -0.05) is 42.3 Å². The Morgan fingerprint density at radius 2 is 1.69 bits per heavy atom. The molecule has 2 aromatic rings. The number of nitrogens with zero attached hydrogens (tertiary/aromatic N) is 1.